The molecule has 0 unspecified atom stereocenters. The standard InChI is InChI=1S/C23H31NO4/c1-25-22-10-9-20(18-23(22)26-2)6-3-5-19-7-4-8-21(17-19)28-16-13-24-11-14-27-15-12-24/h4,7-10,17-18H,3,5-6,11-16H2,1-2H3. The zero-order valence-electron chi connectivity index (χ0n) is 17.0. The molecule has 0 bridgehead atoms. The summed E-state index contributed by atoms with van der Waals surface area (Å²) < 4.78 is 22.0. The van der Waals surface area contributed by atoms with Gasteiger partial charge in [0.05, 0.1) is 27.4 Å². The molecule has 0 aliphatic carbocycles. The van der Waals surface area contributed by atoms with Crippen LogP contribution in [0.3, 0.4) is 0 Å². The maximum Gasteiger partial charge on any atom is 0.160 e. The van der Waals surface area contributed by atoms with Crippen molar-refractivity contribution in [1.82, 2.24) is 4.90 Å². The summed E-state index contributed by atoms with van der Waals surface area (Å²) in [6.45, 7) is 5.33. The van der Waals surface area contributed by atoms with E-state index in [1.165, 1.54) is 11.1 Å². The molecule has 0 spiro atoms. The first kappa shape index (κ1) is 20.5. The van der Waals surface area contributed by atoms with Gasteiger partial charge in [0.15, 0.2) is 11.5 Å². The molecule has 1 heterocycles. The highest BCUT2D eigenvalue weighted by Gasteiger charge is 2.10. The van der Waals surface area contributed by atoms with Crippen molar-refractivity contribution in [3.05, 3.63) is 53.6 Å². The van der Waals surface area contributed by atoms with Gasteiger partial charge in [-0.25, -0.2) is 0 Å². The van der Waals surface area contributed by atoms with Crippen molar-refractivity contribution in [2.45, 2.75) is 19.3 Å². The maximum absolute atomic E-state index is 5.96. The minimum absolute atomic E-state index is 0.717. The molecule has 0 aromatic heterocycles. The molecule has 0 N–H and O–H groups in total. The highest BCUT2D eigenvalue weighted by Crippen LogP contribution is 2.28. The number of nitrogens with zero attached hydrogens (tertiary/aromatic N) is 1. The normalized spacial score (nSPS) is 14.6. The fourth-order valence-electron chi connectivity index (χ4n) is 3.44. The molecular weight excluding hydrogens is 354 g/mol. The summed E-state index contributed by atoms with van der Waals surface area (Å²) in [5, 5.41) is 0. The molecule has 152 valence electrons. The van der Waals surface area contributed by atoms with Crippen LogP contribution in [0.4, 0.5) is 0 Å². The van der Waals surface area contributed by atoms with E-state index in [2.05, 4.69) is 35.2 Å². The Morgan fingerprint density at radius 1 is 0.893 bits per heavy atom. The molecule has 0 radical (unpaired) electrons. The number of rotatable bonds is 10. The van der Waals surface area contributed by atoms with E-state index in [-0.39, 0.29) is 0 Å². The summed E-state index contributed by atoms with van der Waals surface area (Å²) in [7, 11) is 3.33. The molecule has 0 atom stereocenters. The lowest BCUT2D eigenvalue weighted by Crippen LogP contribution is -2.38. The van der Waals surface area contributed by atoms with Gasteiger partial charge in [-0.15, -0.1) is 0 Å². The van der Waals surface area contributed by atoms with Gasteiger partial charge in [0, 0.05) is 19.6 Å². The molecule has 2 aromatic rings. The number of methoxy groups -OCH3 is 2. The van der Waals surface area contributed by atoms with Crippen molar-refractivity contribution < 1.29 is 18.9 Å². The lowest BCUT2D eigenvalue weighted by atomic mass is 10.0. The number of ether oxygens (including phenoxy) is 4. The second-order valence-corrected chi connectivity index (χ2v) is 6.99. The van der Waals surface area contributed by atoms with Crippen LogP contribution in [0.2, 0.25) is 0 Å². The molecule has 1 aliphatic heterocycles. The van der Waals surface area contributed by atoms with Gasteiger partial charge in [0.25, 0.3) is 0 Å². The van der Waals surface area contributed by atoms with Crippen LogP contribution in [0.25, 0.3) is 0 Å². The third kappa shape index (κ3) is 6.14. The number of hydrogen-bond acceptors (Lipinski definition) is 5. The monoisotopic (exact) mass is 385 g/mol. The first-order valence-corrected chi connectivity index (χ1v) is 10.0. The molecule has 1 saturated heterocycles. The van der Waals surface area contributed by atoms with E-state index < -0.39 is 0 Å². The quantitative estimate of drug-likeness (QED) is 0.625. The van der Waals surface area contributed by atoms with Crippen molar-refractivity contribution in [2.24, 2.45) is 0 Å². The minimum Gasteiger partial charge on any atom is -0.493 e. The van der Waals surface area contributed by atoms with Gasteiger partial charge in [-0.05, 0) is 54.7 Å². The summed E-state index contributed by atoms with van der Waals surface area (Å²) in [6.07, 6.45) is 3.10. The Kier molecular flexibility index (Phi) is 8.00. The minimum atomic E-state index is 0.717. The summed E-state index contributed by atoms with van der Waals surface area (Å²) in [5.41, 5.74) is 2.57. The summed E-state index contributed by atoms with van der Waals surface area (Å²) in [4.78, 5) is 2.39. The van der Waals surface area contributed by atoms with Crippen LogP contribution in [0.1, 0.15) is 17.5 Å². The number of hydrogen-bond donors (Lipinski definition) is 0. The lowest BCUT2D eigenvalue weighted by Gasteiger charge is -2.26. The molecule has 5 heteroatoms. The fraction of sp³-hybridized carbons (Fsp3) is 0.478. The Morgan fingerprint density at radius 2 is 1.64 bits per heavy atom. The van der Waals surface area contributed by atoms with Gasteiger partial charge in [-0.2, -0.15) is 0 Å². The SMILES string of the molecule is COc1ccc(CCCc2cccc(OCCN3CCOCC3)c2)cc1OC. The second-order valence-electron chi connectivity index (χ2n) is 6.99. The fourth-order valence-corrected chi connectivity index (χ4v) is 3.44. The second kappa shape index (κ2) is 10.9. The zero-order chi connectivity index (χ0) is 19.6. The van der Waals surface area contributed by atoms with Crippen LogP contribution >= 0.6 is 0 Å². The van der Waals surface area contributed by atoms with Crippen LogP contribution in [0, 0.1) is 0 Å². The number of morpholine rings is 1. The Bertz CT molecular complexity index is 728. The van der Waals surface area contributed by atoms with E-state index in [1.54, 1.807) is 14.2 Å². The first-order chi connectivity index (χ1) is 13.8. The topological polar surface area (TPSA) is 40.2 Å². The smallest absolute Gasteiger partial charge is 0.160 e. The highest BCUT2D eigenvalue weighted by molar-refractivity contribution is 5.43. The van der Waals surface area contributed by atoms with Crippen LogP contribution in [-0.4, -0.2) is 58.6 Å². The predicted octanol–water partition coefficient (Wildman–Crippen LogP) is 3.59. The van der Waals surface area contributed by atoms with Crippen molar-refractivity contribution in [2.75, 3.05) is 53.7 Å². The van der Waals surface area contributed by atoms with Gasteiger partial charge in [-0.3, -0.25) is 4.90 Å². The zero-order valence-corrected chi connectivity index (χ0v) is 17.0. The van der Waals surface area contributed by atoms with E-state index >= 15 is 0 Å². The summed E-state index contributed by atoms with van der Waals surface area (Å²) in [5.74, 6) is 2.51. The van der Waals surface area contributed by atoms with Crippen molar-refractivity contribution >= 4 is 0 Å². The number of benzene rings is 2. The van der Waals surface area contributed by atoms with Crippen LogP contribution in [0.15, 0.2) is 42.5 Å². The average Bonchev–Trinajstić information content (AvgIpc) is 2.75. The van der Waals surface area contributed by atoms with Gasteiger partial charge < -0.3 is 18.9 Å². The molecule has 2 aromatic carbocycles. The van der Waals surface area contributed by atoms with E-state index in [1.807, 2.05) is 12.1 Å². The first-order valence-electron chi connectivity index (χ1n) is 10.0. The van der Waals surface area contributed by atoms with Gasteiger partial charge >= 0.3 is 0 Å². The largest absolute Gasteiger partial charge is 0.493 e. The van der Waals surface area contributed by atoms with Crippen molar-refractivity contribution in [3.8, 4) is 17.2 Å². The third-order valence-corrected chi connectivity index (χ3v) is 5.06. The molecule has 5 nitrogen and oxygen atoms in total. The van der Waals surface area contributed by atoms with Gasteiger partial charge in [0.2, 0.25) is 0 Å². The third-order valence-electron chi connectivity index (χ3n) is 5.06. The van der Waals surface area contributed by atoms with Gasteiger partial charge in [-0.1, -0.05) is 18.2 Å². The van der Waals surface area contributed by atoms with Crippen LogP contribution < -0.4 is 14.2 Å². The van der Waals surface area contributed by atoms with Gasteiger partial charge in [0.1, 0.15) is 12.4 Å². The van der Waals surface area contributed by atoms with Crippen molar-refractivity contribution in [1.29, 1.82) is 0 Å². The predicted molar refractivity (Wildman–Crippen MR) is 111 cm³/mol. The molecule has 1 fully saturated rings. The molecule has 0 saturated carbocycles. The lowest BCUT2D eigenvalue weighted by molar-refractivity contribution is 0.0322. The molecule has 1 aliphatic rings. The Morgan fingerprint density at radius 3 is 2.39 bits per heavy atom. The molecule has 0 amide bonds. The van der Waals surface area contributed by atoms with E-state index in [4.69, 9.17) is 18.9 Å². The van der Waals surface area contributed by atoms with E-state index in [9.17, 15) is 0 Å². The summed E-state index contributed by atoms with van der Waals surface area (Å²) in [6, 6.07) is 14.6. The highest BCUT2D eigenvalue weighted by atomic mass is 16.5. The number of aryl methyl sites for hydroxylation is 2. The Labute approximate surface area is 168 Å². The average molecular weight is 386 g/mol. The van der Waals surface area contributed by atoms with Crippen LogP contribution in [0.5, 0.6) is 17.2 Å². The Balaban J connectivity index is 1.44. The Hall–Kier alpha value is -2.24. The molecule has 3 rings (SSSR count). The molecular formula is C23H31NO4. The maximum atomic E-state index is 5.96. The van der Waals surface area contributed by atoms with Crippen molar-refractivity contribution in [3.63, 3.8) is 0 Å². The van der Waals surface area contributed by atoms with Crippen LogP contribution in [-0.2, 0) is 17.6 Å². The molecule has 28 heavy (non-hydrogen) atoms. The summed E-state index contributed by atoms with van der Waals surface area (Å²) >= 11 is 0. The van der Waals surface area contributed by atoms with E-state index in [0.29, 0.717) is 0 Å². The van der Waals surface area contributed by atoms with E-state index in [0.717, 1.165) is 76.0 Å².